The minimum atomic E-state index is 0.147. The van der Waals surface area contributed by atoms with Crippen molar-refractivity contribution in [1.29, 1.82) is 0 Å². The standard InChI is InChI=1S/C20H19N5/c1-13(14-5-3-2-4-6-14)24-19-17-11-18(25-20(17)23-12-22-19)15-7-9-16(21)10-8-15/h2-13H,21H2,1H3,(H2,22,23,24,25). The summed E-state index contributed by atoms with van der Waals surface area (Å²) in [5.74, 6) is 0.819. The predicted octanol–water partition coefficient (Wildman–Crippen LogP) is 4.38. The minimum absolute atomic E-state index is 0.147. The molecule has 0 radical (unpaired) electrons. The summed E-state index contributed by atoms with van der Waals surface area (Å²) < 4.78 is 0. The van der Waals surface area contributed by atoms with Crippen LogP contribution in [0.3, 0.4) is 0 Å². The summed E-state index contributed by atoms with van der Waals surface area (Å²) in [6, 6.07) is 20.3. The number of H-pyrrole nitrogens is 1. The first-order valence-corrected chi connectivity index (χ1v) is 8.22. The largest absolute Gasteiger partial charge is 0.399 e. The number of benzene rings is 2. The summed E-state index contributed by atoms with van der Waals surface area (Å²) in [6.07, 6.45) is 1.58. The fourth-order valence-electron chi connectivity index (χ4n) is 2.90. The molecule has 1 unspecified atom stereocenters. The highest BCUT2D eigenvalue weighted by Gasteiger charge is 2.12. The molecule has 0 amide bonds. The molecular formula is C20H19N5. The molecule has 25 heavy (non-hydrogen) atoms. The Balaban J connectivity index is 1.69. The number of nitrogen functional groups attached to an aromatic ring is 1. The molecule has 0 spiro atoms. The molecule has 0 aliphatic heterocycles. The number of anilines is 2. The van der Waals surface area contributed by atoms with Gasteiger partial charge < -0.3 is 16.0 Å². The van der Waals surface area contributed by atoms with E-state index in [4.69, 9.17) is 5.73 Å². The molecule has 124 valence electrons. The van der Waals surface area contributed by atoms with E-state index in [2.05, 4.69) is 45.4 Å². The van der Waals surface area contributed by atoms with Crippen molar-refractivity contribution in [3.8, 4) is 11.3 Å². The number of nitrogens with one attached hydrogen (secondary N) is 2. The molecule has 5 heteroatoms. The first kappa shape index (κ1) is 15.2. The Labute approximate surface area is 145 Å². The van der Waals surface area contributed by atoms with Gasteiger partial charge in [-0.3, -0.25) is 0 Å². The van der Waals surface area contributed by atoms with Crippen LogP contribution in [0, 0.1) is 0 Å². The maximum absolute atomic E-state index is 5.77. The predicted molar refractivity (Wildman–Crippen MR) is 102 cm³/mol. The highest BCUT2D eigenvalue weighted by Crippen LogP contribution is 2.29. The second kappa shape index (κ2) is 6.28. The average molecular weight is 329 g/mol. The van der Waals surface area contributed by atoms with Gasteiger partial charge in [0.15, 0.2) is 0 Å². The van der Waals surface area contributed by atoms with Crippen LogP contribution in [0.1, 0.15) is 18.5 Å². The molecule has 1 atom stereocenters. The van der Waals surface area contributed by atoms with Gasteiger partial charge in [0.05, 0.1) is 5.39 Å². The van der Waals surface area contributed by atoms with E-state index in [1.54, 1.807) is 6.33 Å². The maximum atomic E-state index is 5.77. The summed E-state index contributed by atoms with van der Waals surface area (Å²) in [5, 5.41) is 4.45. The maximum Gasteiger partial charge on any atom is 0.143 e. The third kappa shape index (κ3) is 3.04. The highest BCUT2D eigenvalue weighted by molar-refractivity contribution is 5.91. The molecule has 2 heterocycles. The number of rotatable bonds is 4. The first-order chi connectivity index (χ1) is 12.2. The lowest BCUT2D eigenvalue weighted by Gasteiger charge is -2.15. The molecule has 0 aliphatic carbocycles. The van der Waals surface area contributed by atoms with Crippen molar-refractivity contribution >= 4 is 22.5 Å². The van der Waals surface area contributed by atoms with E-state index in [9.17, 15) is 0 Å². The minimum Gasteiger partial charge on any atom is -0.399 e. The zero-order chi connectivity index (χ0) is 17.2. The van der Waals surface area contributed by atoms with Crippen LogP contribution < -0.4 is 11.1 Å². The van der Waals surface area contributed by atoms with Crippen LogP contribution in [0.2, 0.25) is 0 Å². The van der Waals surface area contributed by atoms with Gasteiger partial charge in [-0.15, -0.1) is 0 Å². The number of hydrogen-bond acceptors (Lipinski definition) is 4. The van der Waals surface area contributed by atoms with Gasteiger partial charge in [-0.2, -0.15) is 0 Å². The first-order valence-electron chi connectivity index (χ1n) is 8.22. The summed E-state index contributed by atoms with van der Waals surface area (Å²) >= 11 is 0. The molecule has 0 fully saturated rings. The summed E-state index contributed by atoms with van der Waals surface area (Å²) in [4.78, 5) is 12.1. The van der Waals surface area contributed by atoms with Gasteiger partial charge in [0.1, 0.15) is 17.8 Å². The third-order valence-electron chi connectivity index (χ3n) is 4.30. The van der Waals surface area contributed by atoms with E-state index in [1.807, 2.05) is 42.5 Å². The molecule has 0 aliphatic rings. The molecule has 0 bridgehead atoms. The van der Waals surface area contributed by atoms with E-state index in [0.717, 1.165) is 33.8 Å². The normalized spacial score (nSPS) is 12.2. The Hall–Kier alpha value is -3.34. The van der Waals surface area contributed by atoms with Crippen LogP contribution in [-0.2, 0) is 0 Å². The van der Waals surface area contributed by atoms with E-state index < -0.39 is 0 Å². The Morgan fingerprint density at radius 3 is 2.52 bits per heavy atom. The lowest BCUT2D eigenvalue weighted by Crippen LogP contribution is -2.08. The molecule has 2 aromatic heterocycles. The van der Waals surface area contributed by atoms with Crippen LogP contribution in [0.15, 0.2) is 67.0 Å². The number of aromatic amines is 1. The highest BCUT2D eigenvalue weighted by atomic mass is 15.1. The average Bonchev–Trinajstić information content (AvgIpc) is 3.08. The van der Waals surface area contributed by atoms with Crippen molar-refractivity contribution in [2.75, 3.05) is 11.1 Å². The quantitative estimate of drug-likeness (QED) is 0.485. The lowest BCUT2D eigenvalue weighted by atomic mass is 10.1. The smallest absolute Gasteiger partial charge is 0.143 e. The number of fused-ring (bicyclic) bond motifs is 1. The third-order valence-corrected chi connectivity index (χ3v) is 4.30. The molecule has 4 rings (SSSR count). The second-order valence-electron chi connectivity index (χ2n) is 6.07. The Morgan fingerprint density at radius 2 is 1.76 bits per heavy atom. The van der Waals surface area contributed by atoms with Crippen LogP contribution in [0.4, 0.5) is 11.5 Å². The fraction of sp³-hybridized carbons (Fsp3) is 0.100. The SMILES string of the molecule is CC(Nc1ncnc2[nH]c(-c3ccc(N)cc3)cc12)c1ccccc1. The number of aromatic nitrogens is 3. The fourth-order valence-corrected chi connectivity index (χ4v) is 2.90. The summed E-state index contributed by atoms with van der Waals surface area (Å²) in [5.41, 5.74) is 10.6. The Kier molecular flexibility index (Phi) is 3.82. The van der Waals surface area contributed by atoms with Gasteiger partial charge in [0, 0.05) is 17.4 Å². The van der Waals surface area contributed by atoms with Crippen LogP contribution in [-0.4, -0.2) is 15.0 Å². The van der Waals surface area contributed by atoms with E-state index in [-0.39, 0.29) is 6.04 Å². The van der Waals surface area contributed by atoms with Crippen molar-refractivity contribution in [2.24, 2.45) is 0 Å². The van der Waals surface area contributed by atoms with Crippen molar-refractivity contribution in [3.63, 3.8) is 0 Å². The number of nitrogens with two attached hydrogens (primary N) is 1. The molecule has 5 nitrogen and oxygen atoms in total. The zero-order valence-corrected chi connectivity index (χ0v) is 13.9. The zero-order valence-electron chi connectivity index (χ0n) is 13.9. The van der Waals surface area contributed by atoms with E-state index >= 15 is 0 Å². The van der Waals surface area contributed by atoms with Crippen molar-refractivity contribution in [3.05, 3.63) is 72.6 Å². The number of hydrogen-bond donors (Lipinski definition) is 3. The lowest BCUT2D eigenvalue weighted by molar-refractivity contribution is 0.876. The summed E-state index contributed by atoms with van der Waals surface area (Å²) in [7, 11) is 0. The molecule has 4 aromatic rings. The van der Waals surface area contributed by atoms with Gasteiger partial charge in [0.25, 0.3) is 0 Å². The Bertz CT molecular complexity index is 990. The molecule has 0 saturated heterocycles. The van der Waals surface area contributed by atoms with E-state index in [1.165, 1.54) is 5.56 Å². The Morgan fingerprint density at radius 1 is 1.00 bits per heavy atom. The van der Waals surface area contributed by atoms with Crippen molar-refractivity contribution in [1.82, 2.24) is 15.0 Å². The number of nitrogens with zero attached hydrogens (tertiary/aromatic N) is 2. The van der Waals surface area contributed by atoms with Crippen LogP contribution in [0.25, 0.3) is 22.3 Å². The molecule has 2 aromatic carbocycles. The van der Waals surface area contributed by atoms with Gasteiger partial charge in [-0.05, 0) is 36.2 Å². The molecular weight excluding hydrogens is 310 g/mol. The van der Waals surface area contributed by atoms with Gasteiger partial charge in [-0.25, -0.2) is 9.97 Å². The summed E-state index contributed by atoms with van der Waals surface area (Å²) in [6.45, 7) is 2.12. The second-order valence-corrected chi connectivity index (χ2v) is 6.07. The van der Waals surface area contributed by atoms with Gasteiger partial charge in [0.2, 0.25) is 0 Å². The monoisotopic (exact) mass is 329 g/mol. The molecule has 4 N–H and O–H groups in total. The topological polar surface area (TPSA) is 79.6 Å². The van der Waals surface area contributed by atoms with Crippen LogP contribution in [0.5, 0.6) is 0 Å². The van der Waals surface area contributed by atoms with Crippen molar-refractivity contribution < 1.29 is 0 Å². The molecule has 0 saturated carbocycles. The van der Waals surface area contributed by atoms with Gasteiger partial charge in [-0.1, -0.05) is 42.5 Å². The van der Waals surface area contributed by atoms with Gasteiger partial charge >= 0.3 is 0 Å². The van der Waals surface area contributed by atoms with Crippen LogP contribution >= 0.6 is 0 Å². The van der Waals surface area contributed by atoms with Crippen molar-refractivity contribution in [2.45, 2.75) is 13.0 Å². The van der Waals surface area contributed by atoms with E-state index in [0.29, 0.717) is 0 Å².